The molecule has 0 aromatic heterocycles. The molecule has 0 radical (unpaired) electrons. The first kappa shape index (κ1) is 13.9. The first-order chi connectivity index (χ1) is 8.60. The van der Waals surface area contributed by atoms with E-state index in [0.29, 0.717) is 10.8 Å². The van der Waals surface area contributed by atoms with Crippen LogP contribution in [0.15, 0.2) is 40.9 Å². The van der Waals surface area contributed by atoms with Crippen LogP contribution in [0.25, 0.3) is 0 Å². The Kier molecular flexibility index (Phi) is 4.71. The largest absolute Gasteiger partial charge is 0.456 e. The van der Waals surface area contributed by atoms with Gasteiger partial charge in [-0.3, -0.25) is 0 Å². The molecular weight excluding hydrogens is 379 g/mol. The van der Waals surface area contributed by atoms with Gasteiger partial charge in [-0.05, 0) is 42.3 Å². The summed E-state index contributed by atoms with van der Waals surface area (Å²) in [6.07, 6.45) is 0. The molecule has 0 spiro atoms. The van der Waals surface area contributed by atoms with E-state index in [2.05, 4.69) is 31.9 Å². The summed E-state index contributed by atoms with van der Waals surface area (Å²) in [6.45, 7) is 2.00. The maximum atomic E-state index is 6.13. The fourth-order valence-electron chi connectivity index (χ4n) is 1.52. The van der Waals surface area contributed by atoms with Gasteiger partial charge >= 0.3 is 0 Å². The van der Waals surface area contributed by atoms with Crippen LogP contribution in [0.2, 0.25) is 5.02 Å². The highest BCUT2D eigenvalue weighted by molar-refractivity contribution is 9.10. The Bertz CT molecular complexity index is 570. The number of halogens is 3. The zero-order valence-corrected chi connectivity index (χ0v) is 13.6. The summed E-state index contributed by atoms with van der Waals surface area (Å²) >= 11 is 13.1. The third kappa shape index (κ3) is 3.28. The number of hydrogen-bond donors (Lipinski definition) is 0. The third-order valence-electron chi connectivity index (χ3n) is 2.48. The number of ether oxygens (including phenoxy) is 1. The molecule has 2 rings (SSSR count). The molecule has 0 aliphatic carbocycles. The molecule has 2 aromatic rings. The van der Waals surface area contributed by atoms with Gasteiger partial charge < -0.3 is 4.74 Å². The summed E-state index contributed by atoms with van der Waals surface area (Å²) in [4.78, 5) is 0. The van der Waals surface area contributed by atoms with Crippen molar-refractivity contribution in [3.63, 3.8) is 0 Å². The summed E-state index contributed by atoms with van der Waals surface area (Å²) in [6, 6.07) is 11.6. The second kappa shape index (κ2) is 6.09. The summed E-state index contributed by atoms with van der Waals surface area (Å²) < 4.78 is 6.78. The van der Waals surface area contributed by atoms with E-state index in [1.165, 1.54) is 5.56 Å². The Hall–Kier alpha value is -0.510. The molecule has 18 heavy (non-hydrogen) atoms. The fraction of sp³-hybridized carbons (Fsp3) is 0.143. The van der Waals surface area contributed by atoms with Gasteiger partial charge in [0.1, 0.15) is 11.5 Å². The van der Waals surface area contributed by atoms with Gasteiger partial charge in [0.25, 0.3) is 0 Å². The molecule has 0 amide bonds. The van der Waals surface area contributed by atoms with Crippen LogP contribution >= 0.6 is 43.5 Å². The number of hydrogen-bond acceptors (Lipinski definition) is 1. The van der Waals surface area contributed by atoms with Crippen LogP contribution in [-0.4, -0.2) is 0 Å². The fourth-order valence-corrected chi connectivity index (χ4v) is 3.15. The lowest BCUT2D eigenvalue weighted by atomic mass is 10.2. The van der Waals surface area contributed by atoms with Crippen molar-refractivity contribution in [2.75, 3.05) is 0 Å². The topological polar surface area (TPSA) is 9.23 Å². The highest BCUT2D eigenvalue weighted by Crippen LogP contribution is 2.32. The Morgan fingerprint density at radius 3 is 2.56 bits per heavy atom. The molecule has 1 nitrogen and oxygen atoms in total. The van der Waals surface area contributed by atoms with Gasteiger partial charge in [-0.2, -0.15) is 0 Å². The monoisotopic (exact) mass is 388 g/mol. The number of alkyl halides is 1. The molecule has 0 bridgehead atoms. The molecule has 0 N–H and O–H groups in total. The van der Waals surface area contributed by atoms with Crippen molar-refractivity contribution in [2.24, 2.45) is 0 Å². The van der Waals surface area contributed by atoms with Crippen molar-refractivity contribution in [1.82, 2.24) is 0 Å². The summed E-state index contributed by atoms with van der Waals surface area (Å²) in [5, 5.41) is 1.43. The van der Waals surface area contributed by atoms with E-state index in [9.17, 15) is 0 Å². The van der Waals surface area contributed by atoms with Crippen LogP contribution in [0.3, 0.4) is 0 Å². The molecule has 4 heteroatoms. The predicted octanol–water partition coefficient (Wildman–Crippen LogP) is 6.10. The maximum Gasteiger partial charge on any atom is 0.146 e. The lowest BCUT2D eigenvalue weighted by Gasteiger charge is -2.09. The smallest absolute Gasteiger partial charge is 0.146 e. The van der Waals surface area contributed by atoms with Gasteiger partial charge in [-0.15, -0.1) is 0 Å². The zero-order valence-electron chi connectivity index (χ0n) is 9.71. The number of rotatable bonds is 3. The first-order valence-electron chi connectivity index (χ1n) is 5.38. The van der Waals surface area contributed by atoms with E-state index in [1.54, 1.807) is 0 Å². The SMILES string of the molecule is Cc1ccc(Oc2ccc(CBr)c(Br)c2)c(Cl)c1. The molecule has 0 atom stereocenters. The Morgan fingerprint density at radius 1 is 1.17 bits per heavy atom. The lowest BCUT2D eigenvalue weighted by Crippen LogP contribution is -1.88. The average Bonchev–Trinajstić information content (AvgIpc) is 2.33. The zero-order chi connectivity index (χ0) is 13.1. The van der Waals surface area contributed by atoms with Gasteiger partial charge in [-0.1, -0.05) is 55.6 Å². The van der Waals surface area contributed by atoms with Gasteiger partial charge in [-0.25, -0.2) is 0 Å². The minimum absolute atomic E-state index is 0.621. The van der Waals surface area contributed by atoms with Gasteiger partial charge in [0.05, 0.1) is 5.02 Å². The molecule has 0 aliphatic heterocycles. The highest BCUT2D eigenvalue weighted by atomic mass is 79.9. The lowest BCUT2D eigenvalue weighted by molar-refractivity contribution is 0.482. The normalized spacial score (nSPS) is 10.4. The molecule has 0 unspecified atom stereocenters. The van der Waals surface area contributed by atoms with Crippen LogP contribution in [0.5, 0.6) is 11.5 Å². The second-order valence-electron chi connectivity index (χ2n) is 3.92. The predicted molar refractivity (Wildman–Crippen MR) is 83.0 cm³/mol. The van der Waals surface area contributed by atoms with Gasteiger partial charge in [0, 0.05) is 9.80 Å². The van der Waals surface area contributed by atoms with Crippen molar-refractivity contribution >= 4 is 43.5 Å². The van der Waals surface area contributed by atoms with Crippen LogP contribution < -0.4 is 4.74 Å². The Balaban J connectivity index is 2.26. The minimum atomic E-state index is 0.621. The number of aryl methyl sites for hydroxylation is 1. The molecule has 0 saturated carbocycles. The second-order valence-corrected chi connectivity index (χ2v) is 5.75. The first-order valence-corrected chi connectivity index (χ1v) is 7.68. The molecule has 0 aliphatic rings. The van der Waals surface area contributed by atoms with Crippen LogP contribution in [0.1, 0.15) is 11.1 Å². The van der Waals surface area contributed by atoms with E-state index < -0.39 is 0 Å². The quantitative estimate of drug-likeness (QED) is 0.576. The third-order valence-corrected chi connectivity index (χ3v) is 4.12. The Morgan fingerprint density at radius 2 is 1.94 bits per heavy atom. The van der Waals surface area contributed by atoms with E-state index in [1.807, 2.05) is 43.3 Å². The van der Waals surface area contributed by atoms with Gasteiger partial charge in [0.2, 0.25) is 0 Å². The minimum Gasteiger partial charge on any atom is -0.456 e. The van der Waals surface area contributed by atoms with Gasteiger partial charge in [0.15, 0.2) is 0 Å². The van der Waals surface area contributed by atoms with Crippen molar-refractivity contribution in [1.29, 1.82) is 0 Å². The van der Waals surface area contributed by atoms with E-state index in [4.69, 9.17) is 16.3 Å². The summed E-state index contributed by atoms with van der Waals surface area (Å²) in [5.41, 5.74) is 2.29. The highest BCUT2D eigenvalue weighted by Gasteiger charge is 2.05. The van der Waals surface area contributed by atoms with Crippen LogP contribution in [-0.2, 0) is 5.33 Å². The summed E-state index contributed by atoms with van der Waals surface area (Å²) in [5.74, 6) is 1.43. The van der Waals surface area contributed by atoms with Crippen LogP contribution in [0, 0.1) is 6.92 Å². The molecule has 0 fully saturated rings. The Labute approximate surface area is 128 Å². The van der Waals surface area contributed by atoms with E-state index >= 15 is 0 Å². The maximum absolute atomic E-state index is 6.13. The van der Waals surface area contributed by atoms with Crippen LogP contribution in [0.4, 0.5) is 0 Å². The van der Waals surface area contributed by atoms with E-state index in [-0.39, 0.29) is 0 Å². The van der Waals surface area contributed by atoms with Crippen molar-refractivity contribution < 1.29 is 4.74 Å². The average molecular weight is 391 g/mol. The van der Waals surface area contributed by atoms with Crippen molar-refractivity contribution in [3.8, 4) is 11.5 Å². The molecular formula is C14H11Br2ClO. The number of benzene rings is 2. The molecule has 0 heterocycles. The standard InChI is InChI=1S/C14H11Br2ClO/c1-9-2-5-14(13(17)6-9)18-11-4-3-10(8-15)12(16)7-11/h2-7H,8H2,1H3. The molecule has 94 valence electrons. The molecule has 2 aromatic carbocycles. The van der Waals surface area contributed by atoms with E-state index in [0.717, 1.165) is 21.1 Å². The summed E-state index contributed by atoms with van der Waals surface area (Å²) in [7, 11) is 0. The molecule has 0 saturated heterocycles. The van der Waals surface area contributed by atoms with Crippen molar-refractivity contribution in [2.45, 2.75) is 12.3 Å². The van der Waals surface area contributed by atoms with Crippen molar-refractivity contribution in [3.05, 3.63) is 57.0 Å².